The van der Waals surface area contributed by atoms with Crippen molar-refractivity contribution in [2.75, 3.05) is 13.1 Å². The quantitative estimate of drug-likeness (QED) is 0.406. The number of allylic oxidation sites excluding steroid dienone is 1. The number of aryl methyl sites for hydroxylation is 1. The summed E-state index contributed by atoms with van der Waals surface area (Å²) >= 11 is 0. The number of rotatable bonds is 5. The molecule has 0 spiro atoms. The first kappa shape index (κ1) is 30.5. The van der Waals surface area contributed by atoms with Gasteiger partial charge in [-0.05, 0) is 33.2 Å². The van der Waals surface area contributed by atoms with Gasteiger partial charge in [0, 0.05) is 13.1 Å². The summed E-state index contributed by atoms with van der Waals surface area (Å²) in [6, 6.07) is 11.1. The van der Waals surface area contributed by atoms with Crippen LogP contribution in [-0.4, -0.2) is 41.6 Å². The summed E-state index contributed by atoms with van der Waals surface area (Å²) in [5.41, 5.74) is 2.68. The van der Waals surface area contributed by atoms with Gasteiger partial charge in [-0.3, -0.25) is 4.79 Å². The van der Waals surface area contributed by atoms with E-state index in [0.29, 0.717) is 25.9 Å². The molecule has 0 bridgehead atoms. The summed E-state index contributed by atoms with van der Waals surface area (Å²) in [6.07, 6.45) is 13.1. The van der Waals surface area contributed by atoms with E-state index >= 15 is 0 Å². The molecule has 0 saturated carbocycles. The van der Waals surface area contributed by atoms with Gasteiger partial charge in [0.25, 0.3) is 0 Å². The normalized spacial score (nSPS) is 18.9. The Balaban J connectivity index is 0.000000407. The Morgan fingerprint density at radius 1 is 1.24 bits per heavy atom. The minimum atomic E-state index is -0.537. The minimum absolute atomic E-state index is 0. The van der Waals surface area contributed by atoms with Crippen LogP contribution in [0.1, 0.15) is 78.7 Å². The molecule has 1 fully saturated rings. The molecule has 0 aliphatic carbocycles. The summed E-state index contributed by atoms with van der Waals surface area (Å²) in [5.74, 6) is -0.0382. The largest absolute Gasteiger partial charge is 1.00 e. The second-order valence-electron chi connectivity index (χ2n) is 9.39. The fraction of sp³-hybridized carbons (Fsp3) is 0.571. The van der Waals surface area contributed by atoms with E-state index in [4.69, 9.17) is 4.74 Å². The van der Waals surface area contributed by atoms with E-state index in [1.165, 1.54) is 31.2 Å². The van der Waals surface area contributed by atoms with Crippen LogP contribution in [0.2, 0.25) is 0 Å². The molecule has 2 aliphatic rings. The molecule has 0 radical (unpaired) electrons. The Labute approximate surface area is 228 Å². The van der Waals surface area contributed by atoms with Crippen LogP contribution in [0.15, 0.2) is 35.4 Å². The predicted molar refractivity (Wildman–Crippen MR) is 131 cm³/mol. The molecule has 5 nitrogen and oxygen atoms in total. The molecule has 1 aromatic carbocycles. The first-order valence-corrected chi connectivity index (χ1v) is 12.2. The van der Waals surface area contributed by atoms with Crippen LogP contribution in [0.4, 0.5) is 4.79 Å². The first-order valence-electron chi connectivity index (χ1n) is 12.2. The third-order valence-corrected chi connectivity index (χ3v) is 5.41. The molecular weight excluding hydrogens is 435 g/mol. The summed E-state index contributed by atoms with van der Waals surface area (Å²) in [7, 11) is 0. The number of nitrogens with zero attached hydrogens (tertiary/aromatic N) is 1. The number of carbonyl (C=O) groups excluding carboxylic acids is 2. The van der Waals surface area contributed by atoms with E-state index in [-0.39, 0.29) is 47.6 Å². The first-order chi connectivity index (χ1) is 15.7. The summed E-state index contributed by atoms with van der Waals surface area (Å²) in [5, 5.41) is 2.87. The van der Waals surface area contributed by atoms with Crippen LogP contribution >= 0.6 is 0 Å². The van der Waals surface area contributed by atoms with Crippen molar-refractivity contribution in [1.29, 1.82) is 0 Å². The molecular formula is C28H39N2NaO3-2. The predicted octanol–water partition coefficient (Wildman–Crippen LogP) is 2.61. The molecule has 1 aromatic rings. The summed E-state index contributed by atoms with van der Waals surface area (Å²) in [6.45, 7) is 10.7. The minimum Gasteiger partial charge on any atom is -0.444 e. The fourth-order valence-electron chi connectivity index (χ4n) is 3.87. The number of unbranched alkanes of at least 4 members (excludes halogenated alkanes) is 2. The van der Waals surface area contributed by atoms with Crippen molar-refractivity contribution < 1.29 is 43.9 Å². The monoisotopic (exact) mass is 474 g/mol. The van der Waals surface area contributed by atoms with Gasteiger partial charge in [-0.2, -0.15) is 35.9 Å². The molecule has 1 atom stereocenters. The Morgan fingerprint density at radius 3 is 2.56 bits per heavy atom. The van der Waals surface area contributed by atoms with E-state index in [1.54, 1.807) is 4.90 Å². The van der Waals surface area contributed by atoms with Gasteiger partial charge in [-0.1, -0.05) is 39.5 Å². The average molecular weight is 475 g/mol. The molecule has 0 aromatic heterocycles. The SMILES string of the molecule is CCCCCc1cc[c-]cc1.CC[C-]=C1CC(=O)NCC2C1=[C-]CCN2C(=O)OC(C)(C)C.[Na+]. The molecule has 34 heavy (non-hydrogen) atoms. The maximum Gasteiger partial charge on any atom is 1.00 e. The Hall–Kier alpha value is -1.56. The van der Waals surface area contributed by atoms with Crippen molar-refractivity contribution in [1.82, 2.24) is 10.2 Å². The second kappa shape index (κ2) is 15.4. The van der Waals surface area contributed by atoms with Crippen molar-refractivity contribution in [3.63, 3.8) is 0 Å². The molecule has 2 aliphatic heterocycles. The summed E-state index contributed by atoms with van der Waals surface area (Å²) in [4.78, 5) is 26.0. The Bertz CT molecular complexity index is 828. The van der Waals surface area contributed by atoms with Crippen molar-refractivity contribution in [2.45, 2.75) is 91.2 Å². The van der Waals surface area contributed by atoms with Crippen molar-refractivity contribution >= 4 is 12.0 Å². The number of hydrogen-bond acceptors (Lipinski definition) is 3. The number of amides is 2. The smallest absolute Gasteiger partial charge is 0.444 e. The third-order valence-electron chi connectivity index (χ3n) is 5.41. The molecule has 3 rings (SSSR count). The van der Waals surface area contributed by atoms with Gasteiger partial charge in [-0.25, -0.2) is 4.79 Å². The summed E-state index contributed by atoms with van der Waals surface area (Å²) < 4.78 is 5.49. The van der Waals surface area contributed by atoms with Crippen molar-refractivity contribution in [3.05, 3.63) is 59.2 Å². The van der Waals surface area contributed by atoms with E-state index < -0.39 is 5.60 Å². The van der Waals surface area contributed by atoms with Crippen LogP contribution in [0.25, 0.3) is 0 Å². The topological polar surface area (TPSA) is 58.6 Å². The average Bonchev–Trinajstić information content (AvgIpc) is 2.93. The zero-order chi connectivity index (χ0) is 24.3. The third kappa shape index (κ3) is 10.4. The van der Waals surface area contributed by atoms with Crippen LogP contribution in [-0.2, 0) is 16.0 Å². The number of ether oxygens (including phenoxy) is 1. The maximum atomic E-state index is 12.4. The van der Waals surface area contributed by atoms with E-state index in [9.17, 15) is 9.59 Å². The molecule has 6 heteroatoms. The standard InChI is InChI=1S/C17H24N2O3.C11H15.Na/c1-5-7-12-10-15(20)18-11-14-13(12)8-6-9-19(14)16(21)22-17(2,3)4;1-2-3-5-8-11-9-6-4-7-10-11;/h14H,5-6,9-11H2,1-4H3,(H,18,20);6-7,9-10H,2-3,5,8H2,1H3;/q-2;-1;+1. The Kier molecular flexibility index (Phi) is 13.8. The molecule has 1 unspecified atom stereocenters. The molecule has 1 saturated heterocycles. The van der Waals surface area contributed by atoms with Crippen molar-refractivity contribution in [3.8, 4) is 0 Å². The maximum absolute atomic E-state index is 12.4. The number of nitrogens with one attached hydrogen (secondary N) is 1. The van der Waals surface area contributed by atoms with Gasteiger partial charge >= 0.3 is 35.7 Å². The zero-order valence-electron chi connectivity index (χ0n) is 21.9. The molecule has 2 amide bonds. The van der Waals surface area contributed by atoms with E-state index in [0.717, 1.165) is 17.6 Å². The van der Waals surface area contributed by atoms with Gasteiger partial charge < -0.3 is 38.3 Å². The van der Waals surface area contributed by atoms with Gasteiger partial charge in [0.2, 0.25) is 5.91 Å². The molecule has 2 heterocycles. The van der Waals surface area contributed by atoms with Crippen LogP contribution < -0.4 is 34.9 Å². The Morgan fingerprint density at radius 2 is 1.94 bits per heavy atom. The number of carbonyl (C=O) groups is 2. The van der Waals surface area contributed by atoms with Crippen LogP contribution in [0, 0.1) is 18.2 Å². The van der Waals surface area contributed by atoms with Gasteiger partial charge in [0.1, 0.15) is 5.60 Å². The van der Waals surface area contributed by atoms with Gasteiger partial charge in [-0.15, -0.1) is 12.8 Å². The van der Waals surface area contributed by atoms with Crippen LogP contribution in [0.3, 0.4) is 0 Å². The number of benzene rings is 1. The van der Waals surface area contributed by atoms with Gasteiger partial charge in [0.15, 0.2) is 0 Å². The zero-order valence-corrected chi connectivity index (χ0v) is 23.9. The van der Waals surface area contributed by atoms with E-state index in [1.807, 2.05) is 39.8 Å². The van der Waals surface area contributed by atoms with E-state index in [2.05, 4.69) is 42.6 Å². The van der Waals surface area contributed by atoms with Crippen LogP contribution in [0.5, 0.6) is 0 Å². The van der Waals surface area contributed by atoms with Gasteiger partial charge in [0.05, 0.1) is 0 Å². The molecule has 1 N–H and O–H groups in total. The number of hydrogen-bond donors (Lipinski definition) is 1. The molecule has 182 valence electrons. The fourth-order valence-corrected chi connectivity index (χ4v) is 3.87. The number of fused-ring (bicyclic) bond motifs is 1. The second-order valence-corrected chi connectivity index (χ2v) is 9.39. The van der Waals surface area contributed by atoms with Crippen molar-refractivity contribution in [2.24, 2.45) is 0 Å².